The largest absolute Gasteiger partial charge is 0.379 e. The van der Waals surface area contributed by atoms with Crippen LogP contribution in [0.5, 0.6) is 5.75 Å². The van der Waals surface area contributed by atoms with Gasteiger partial charge in [-0.3, -0.25) is 0 Å². The zero-order valence-corrected chi connectivity index (χ0v) is 14.3. The average Bonchev–Trinajstić information content (AvgIpc) is 3.08. The van der Waals surface area contributed by atoms with Crippen LogP contribution in [0, 0.1) is 6.92 Å². The fourth-order valence-corrected chi connectivity index (χ4v) is 3.38. The van der Waals surface area contributed by atoms with Crippen LogP contribution >= 0.6 is 0 Å². The molecule has 0 saturated carbocycles. The molecule has 0 spiro atoms. The number of benzene rings is 2. The van der Waals surface area contributed by atoms with Crippen LogP contribution in [0.2, 0.25) is 0 Å². The highest BCUT2D eigenvalue weighted by molar-refractivity contribution is 7.87. The van der Waals surface area contributed by atoms with Gasteiger partial charge in [0.2, 0.25) is 0 Å². The van der Waals surface area contributed by atoms with Crippen molar-refractivity contribution < 1.29 is 22.1 Å². The van der Waals surface area contributed by atoms with E-state index in [2.05, 4.69) is 0 Å². The molecule has 0 N–H and O–H groups in total. The molecule has 2 aromatic rings. The minimum absolute atomic E-state index is 0.136. The lowest BCUT2D eigenvalue weighted by Crippen LogP contribution is -2.10. The molecule has 3 rings (SSSR count). The van der Waals surface area contributed by atoms with E-state index in [4.69, 9.17) is 13.7 Å². The van der Waals surface area contributed by atoms with Crippen LogP contribution in [0.3, 0.4) is 0 Å². The molecular formula is C18H20O5S. The zero-order chi connectivity index (χ0) is 17.0. The van der Waals surface area contributed by atoms with Gasteiger partial charge in [-0.15, -0.1) is 0 Å². The molecule has 0 unspecified atom stereocenters. The smallest absolute Gasteiger partial charge is 0.339 e. The Hall–Kier alpha value is -1.89. The van der Waals surface area contributed by atoms with Gasteiger partial charge in [-0.25, -0.2) is 0 Å². The summed E-state index contributed by atoms with van der Waals surface area (Å²) in [7, 11) is -3.81. The van der Waals surface area contributed by atoms with E-state index < -0.39 is 10.1 Å². The minimum Gasteiger partial charge on any atom is -0.379 e. The number of hydrogen-bond donors (Lipinski definition) is 0. The molecule has 1 fully saturated rings. The summed E-state index contributed by atoms with van der Waals surface area (Å²) < 4.78 is 40.5. The molecule has 0 aliphatic carbocycles. The monoisotopic (exact) mass is 348 g/mol. The Morgan fingerprint density at radius 3 is 2.25 bits per heavy atom. The van der Waals surface area contributed by atoms with Crippen molar-refractivity contribution in [2.45, 2.75) is 31.0 Å². The second-order valence-electron chi connectivity index (χ2n) is 5.70. The first-order chi connectivity index (χ1) is 11.5. The highest BCUT2D eigenvalue weighted by atomic mass is 32.2. The van der Waals surface area contributed by atoms with Crippen LogP contribution in [-0.2, 0) is 26.0 Å². The van der Waals surface area contributed by atoms with Crippen molar-refractivity contribution in [2.24, 2.45) is 0 Å². The third-order valence-corrected chi connectivity index (χ3v) is 5.06. The van der Waals surface area contributed by atoms with Gasteiger partial charge in [0, 0.05) is 6.42 Å². The van der Waals surface area contributed by atoms with Crippen molar-refractivity contribution in [1.82, 2.24) is 0 Å². The van der Waals surface area contributed by atoms with Gasteiger partial charge in [0.1, 0.15) is 10.6 Å². The maximum atomic E-state index is 12.2. The van der Waals surface area contributed by atoms with Crippen molar-refractivity contribution >= 4 is 10.1 Å². The van der Waals surface area contributed by atoms with Gasteiger partial charge in [-0.2, -0.15) is 8.42 Å². The Morgan fingerprint density at radius 2 is 1.62 bits per heavy atom. The van der Waals surface area contributed by atoms with Crippen molar-refractivity contribution in [1.29, 1.82) is 0 Å². The van der Waals surface area contributed by atoms with Crippen LogP contribution in [0.1, 0.15) is 17.5 Å². The summed E-state index contributed by atoms with van der Waals surface area (Å²) in [6.45, 7) is 3.19. The number of aryl methyl sites for hydroxylation is 2. The molecule has 1 aliphatic heterocycles. The second-order valence-corrected chi connectivity index (χ2v) is 7.25. The second kappa shape index (κ2) is 7.34. The van der Waals surface area contributed by atoms with Gasteiger partial charge in [0.15, 0.2) is 6.29 Å². The molecule has 6 heteroatoms. The molecular weight excluding hydrogens is 328 g/mol. The molecule has 0 aromatic heterocycles. The summed E-state index contributed by atoms with van der Waals surface area (Å²) >= 11 is 0. The Bertz CT molecular complexity index is 760. The summed E-state index contributed by atoms with van der Waals surface area (Å²) in [4.78, 5) is 0.146. The minimum atomic E-state index is -3.81. The quantitative estimate of drug-likeness (QED) is 0.751. The maximum absolute atomic E-state index is 12.2. The van der Waals surface area contributed by atoms with Crippen LogP contribution in [0.4, 0.5) is 0 Å². The lowest BCUT2D eigenvalue weighted by Gasteiger charge is -2.10. The normalized spacial score (nSPS) is 15.5. The zero-order valence-electron chi connectivity index (χ0n) is 13.5. The van der Waals surface area contributed by atoms with Crippen LogP contribution in [0.25, 0.3) is 0 Å². The fourth-order valence-electron chi connectivity index (χ4n) is 2.45. The molecule has 0 radical (unpaired) electrons. The van der Waals surface area contributed by atoms with Crippen molar-refractivity contribution in [3.8, 4) is 5.75 Å². The van der Waals surface area contributed by atoms with Crippen molar-refractivity contribution in [3.63, 3.8) is 0 Å². The lowest BCUT2D eigenvalue weighted by atomic mass is 10.1. The first-order valence-corrected chi connectivity index (χ1v) is 9.27. The molecule has 1 heterocycles. The summed E-state index contributed by atoms with van der Waals surface area (Å²) in [5, 5.41) is 0. The molecule has 2 aromatic carbocycles. The molecule has 1 saturated heterocycles. The van der Waals surface area contributed by atoms with Gasteiger partial charge in [-0.05, 0) is 43.2 Å². The standard InChI is InChI=1S/C18H20O5S/c1-14-2-9-17(10-3-14)24(19,20)23-16-7-4-15(5-8-16)6-11-18-21-12-13-22-18/h2-5,7-10,18H,6,11-13H2,1H3. The highest BCUT2D eigenvalue weighted by Crippen LogP contribution is 2.21. The van der Waals surface area contributed by atoms with E-state index in [9.17, 15) is 8.42 Å². The van der Waals surface area contributed by atoms with Crippen LogP contribution in [-0.4, -0.2) is 27.9 Å². The number of hydrogen-bond acceptors (Lipinski definition) is 5. The predicted octanol–water partition coefficient (Wildman–Crippen LogP) is 3.07. The van der Waals surface area contributed by atoms with E-state index in [-0.39, 0.29) is 11.2 Å². The molecule has 24 heavy (non-hydrogen) atoms. The lowest BCUT2D eigenvalue weighted by molar-refractivity contribution is -0.0461. The summed E-state index contributed by atoms with van der Waals surface area (Å²) in [6, 6.07) is 13.6. The first kappa shape index (κ1) is 17.0. The fraction of sp³-hybridized carbons (Fsp3) is 0.333. The van der Waals surface area contributed by atoms with Gasteiger partial charge >= 0.3 is 10.1 Å². The number of rotatable bonds is 6. The maximum Gasteiger partial charge on any atom is 0.339 e. The van der Waals surface area contributed by atoms with Gasteiger partial charge < -0.3 is 13.7 Å². The van der Waals surface area contributed by atoms with Crippen molar-refractivity contribution in [2.75, 3.05) is 13.2 Å². The molecule has 5 nitrogen and oxygen atoms in total. The topological polar surface area (TPSA) is 61.8 Å². The SMILES string of the molecule is Cc1ccc(S(=O)(=O)Oc2ccc(CCC3OCCO3)cc2)cc1. The number of ether oxygens (including phenoxy) is 2. The van der Waals surface area contributed by atoms with Crippen molar-refractivity contribution in [3.05, 3.63) is 59.7 Å². The Morgan fingerprint density at radius 1 is 1.00 bits per heavy atom. The average molecular weight is 348 g/mol. The molecule has 0 atom stereocenters. The summed E-state index contributed by atoms with van der Waals surface area (Å²) in [5.41, 5.74) is 2.07. The highest BCUT2D eigenvalue weighted by Gasteiger charge is 2.17. The van der Waals surface area contributed by atoms with Crippen LogP contribution < -0.4 is 4.18 Å². The summed E-state index contributed by atoms with van der Waals surface area (Å²) in [5.74, 6) is 0.299. The Labute approximate surface area is 142 Å². The first-order valence-electron chi connectivity index (χ1n) is 7.86. The van der Waals surface area contributed by atoms with Gasteiger partial charge in [0.05, 0.1) is 13.2 Å². The molecule has 128 valence electrons. The molecule has 0 bridgehead atoms. The van der Waals surface area contributed by atoms with Gasteiger partial charge in [0.25, 0.3) is 0 Å². The Balaban J connectivity index is 1.61. The molecule has 0 amide bonds. The third-order valence-electron chi connectivity index (χ3n) is 3.80. The van der Waals surface area contributed by atoms with Gasteiger partial charge in [-0.1, -0.05) is 29.8 Å². The van der Waals surface area contributed by atoms with Crippen LogP contribution in [0.15, 0.2) is 53.4 Å². The summed E-state index contributed by atoms with van der Waals surface area (Å²) in [6.07, 6.45) is 1.44. The predicted molar refractivity (Wildman–Crippen MR) is 89.4 cm³/mol. The van der Waals surface area contributed by atoms with E-state index in [0.29, 0.717) is 19.0 Å². The Kier molecular flexibility index (Phi) is 5.18. The van der Waals surface area contributed by atoms with E-state index >= 15 is 0 Å². The third kappa shape index (κ3) is 4.35. The van der Waals surface area contributed by atoms with E-state index in [0.717, 1.165) is 24.0 Å². The molecule has 1 aliphatic rings. The van der Waals surface area contributed by atoms with E-state index in [1.807, 2.05) is 19.1 Å². The van der Waals surface area contributed by atoms with E-state index in [1.54, 1.807) is 36.4 Å². The van der Waals surface area contributed by atoms with E-state index in [1.165, 1.54) is 0 Å².